The molecular formula is C18H27FN2O3. The van der Waals surface area contributed by atoms with Gasteiger partial charge in [-0.2, -0.15) is 0 Å². The molecule has 0 saturated carbocycles. The summed E-state index contributed by atoms with van der Waals surface area (Å²) in [6.45, 7) is 2.32. The molecular weight excluding hydrogens is 311 g/mol. The van der Waals surface area contributed by atoms with E-state index in [4.69, 9.17) is 4.74 Å². The summed E-state index contributed by atoms with van der Waals surface area (Å²) in [4.78, 5) is 13.7. The second kappa shape index (κ2) is 9.59. The standard InChI is InChI=1S/C18H27FN2O3/c1-24-11-3-2-4-18(23)20-13-14-5-6-17(16(19)12-14)21-9-7-15(22)8-10-21/h5-6,12,15,22H,2-4,7-11,13H2,1H3,(H,20,23). The number of nitrogens with zero attached hydrogens (tertiary/aromatic N) is 1. The Morgan fingerprint density at radius 1 is 1.38 bits per heavy atom. The van der Waals surface area contributed by atoms with E-state index in [-0.39, 0.29) is 17.8 Å². The Balaban J connectivity index is 1.80. The zero-order valence-corrected chi connectivity index (χ0v) is 14.3. The number of piperidine rings is 1. The number of aliphatic hydroxyl groups excluding tert-OH is 1. The molecule has 1 saturated heterocycles. The van der Waals surface area contributed by atoms with Crippen LogP contribution in [0.4, 0.5) is 10.1 Å². The maximum Gasteiger partial charge on any atom is 0.220 e. The van der Waals surface area contributed by atoms with Crippen molar-refractivity contribution in [3.8, 4) is 0 Å². The summed E-state index contributed by atoms with van der Waals surface area (Å²) in [5, 5.41) is 12.3. The summed E-state index contributed by atoms with van der Waals surface area (Å²) in [7, 11) is 1.64. The van der Waals surface area contributed by atoms with Crippen molar-refractivity contribution in [3.63, 3.8) is 0 Å². The van der Waals surface area contributed by atoms with Crippen LogP contribution in [0.5, 0.6) is 0 Å². The molecule has 1 amide bonds. The molecule has 0 bridgehead atoms. The molecule has 0 atom stereocenters. The maximum absolute atomic E-state index is 14.3. The molecule has 2 rings (SSSR count). The normalized spacial score (nSPS) is 15.5. The van der Waals surface area contributed by atoms with Gasteiger partial charge in [0.25, 0.3) is 0 Å². The average Bonchev–Trinajstić information content (AvgIpc) is 2.58. The van der Waals surface area contributed by atoms with Crippen LogP contribution < -0.4 is 10.2 Å². The number of unbranched alkanes of at least 4 members (excludes halogenated alkanes) is 1. The Labute approximate surface area is 142 Å². The SMILES string of the molecule is COCCCCC(=O)NCc1ccc(N2CCC(O)CC2)c(F)c1. The Morgan fingerprint density at radius 3 is 2.79 bits per heavy atom. The first-order chi connectivity index (χ1) is 11.6. The molecule has 1 aromatic carbocycles. The van der Waals surface area contributed by atoms with Gasteiger partial charge in [0.2, 0.25) is 5.91 Å². The third kappa shape index (κ3) is 5.76. The third-order valence-corrected chi connectivity index (χ3v) is 4.31. The van der Waals surface area contributed by atoms with Crippen molar-refractivity contribution >= 4 is 11.6 Å². The first kappa shape index (κ1) is 18.7. The zero-order chi connectivity index (χ0) is 17.4. The minimum atomic E-state index is -0.279. The Bertz CT molecular complexity index is 531. The van der Waals surface area contributed by atoms with Crippen molar-refractivity contribution in [1.82, 2.24) is 5.32 Å². The van der Waals surface area contributed by atoms with E-state index in [0.717, 1.165) is 18.4 Å². The van der Waals surface area contributed by atoms with Crippen LogP contribution in [-0.4, -0.2) is 43.9 Å². The quantitative estimate of drug-likeness (QED) is 0.714. The fourth-order valence-corrected chi connectivity index (χ4v) is 2.84. The molecule has 5 nitrogen and oxygen atoms in total. The Kier molecular flexibility index (Phi) is 7.46. The number of amides is 1. The van der Waals surface area contributed by atoms with E-state index in [2.05, 4.69) is 5.32 Å². The van der Waals surface area contributed by atoms with Crippen molar-refractivity contribution in [2.75, 3.05) is 31.7 Å². The van der Waals surface area contributed by atoms with Gasteiger partial charge in [-0.25, -0.2) is 4.39 Å². The van der Waals surface area contributed by atoms with E-state index in [1.165, 1.54) is 6.07 Å². The lowest BCUT2D eigenvalue weighted by Gasteiger charge is -2.31. The predicted octanol–water partition coefficient (Wildman–Crippen LogP) is 2.22. The van der Waals surface area contributed by atoms with Gasteiger partial charge < -0.3 is 20.1 Å². The summed E-state index contributed by atoms with van der Waals surface area (Å²) in [6, 6.07) is 5.08. The number of halogens is 1. The summed E-state index contributed by atoms with van der Waals surface area (Å²) < 4.78 is 19.3. The number of hydrogen-bond donors (Lipinski definition) is 2. The number of methoxy groups -OCH3 is 1. The fraction of sp³-hybridized carbons (Fsp3) is 0.611. The monoisotopic (exact) mass is 338 g/mol. The fourth-order valence-electron chi connectivity index (χ4n) is 2.84. The van der Waals surface area contributed by atoms with Crippen molar-refractivity contribution in [2.45, 2.75) is 44.8 Å². The molecule has 24 heavy (non-hydrogen) atoms. The van der Waals surface area contributed by atoms with E-state index in [0.29, 0.717) is 51.2 Å². The summed E-state index contributed by atoms with van der Waals surface area (Å²) >= 11 is 0. The molecule has 1 aliphatic heterocycles. The number of carbonyl (C=O) groups is 1. The topological polar surface area (TPSA) is 61.8 Å². The number of hydrogen-bond acceptors (Lipinski definition) is 4. The highest BCUT2D eigenvalue weighted by atomic mass is 19.1. The van der Waals surface area contributed by atoms with Crippen molar-refractivity contribution in [2.24, 2.45) is 0 Å². The van der Waals surface area contributed by atoms with Gasteiger partial charge in [0.15, 0.2) is 0 Å². The number of ether oxygens (including phenoxy) is 1. The summed E-state index contributed by atoms with van der Waals surface area (Å²) in [5.74, 6) is -0.307. The molecule has 0 unspecified atom stereocenters. The number of anilines is 1. The van der Waals surface area contributed by atoms with E-state index < -0.39 is 0 Å². The first-order valence-electron chi connectivity index (χ1n) is 8.57. The van der Waals surface area contributed by atoms with Crippen LogP contribution in [-0.2, 0) is 16.1 Å². The smallest absolute Gasteiger partial charge is 0.220 e. The van der Waals surface area contributed by atoms with Gasteiger partial charge in [0.1, 0.15) is 5.82 Å². The van der Waals surface area contributed by atoms with Crippen LogP contribution in [0.3, 0.4) is 0 Å². The molecule has 1 aliphatic rings. The van der Waals surface area contributed by atoms with Gasteiger partial charge in [-0.05, 0) is 43.4 Å². The zero-order valence-electron chi connectivity index (χ0n) is 14.3. The van der Waals surface area contributed by atoms with E-state index in [1.54, 1.807) is 13.2 Å². The lowest BCUT2D eigenvalue weighted by atomic mass is 10.1. The second-order valence-corrected chi connectivity index (χ2v) is 6.23. The molecule has 6 heteroatoms. The number of nitrogens with one attached hydrogen (secondary N) is 1. The van der Waals surface area contributed by atoms with Crippen LogP contribution >= 0.6 is 0 Å². The second-order valence-electron chi connectivity index (χ2n) is 6.23. The Hall–Kier alpha value is -1.66. The number of carbonyl (C=O) groups excluding carboxylic acids is 1. The highest BCUT2D eigenvalue weighted by Crippen LogP contribution is 2.24. The summed E-state index contributed by atoms with van der Waals surface area (Å²) in [6.07, 6.45) is 3.16. The number of benzene rings is 1. The Morgan fingerprint density at radius 2 is 2.12 bits per heavy atom. The lowest BCUT2D eigenvalue weighted by Crippen LogP contribution is -2.36. The minimum Gasteiger partial charge on any atom is -0.393 e. The molecule has 1 fully saturated rings. The molecule has 134 valence electrons. The molecule has 0 aromatic heterocycles. The van der Waals surface area contributed by atoms with Gasteiger partial charge in [-0.3, -0.25) is 4.79 Å². The third-order valence-electron chi connectivity index (χ3n) is 4.31. The van der Waals surface area contributed by atoms with E-state index in [1.807, 2.05) is 11.0 Å². The predicted molar refractivity (Wildman–Crippen MR) is 91.4 cm³/mol. The molecule has 2 N–H and O–H groups in total. The van der Waals surface area contributed by atoms with Gasteiger partial charge >= 0.3 is 0 Å². The number of aliphatic hydroxyl groups is 1. The van der Waals surface area contributed by atoms with Gasteiger partial charge in [0, 0.05) is 39.8 Å². The van der Waals surface area contributed by atoms with E-state index >= 15 is 0 Å². The lowest BCUT2D eigenvalue weighted by molar-refractivity contribution is -0.121. The van der Waals surface area contributed by atoms with Crippen molar-refractivity contribution in [3.05, 3.63) is 29.6 Å². The molecule has 1 heterocycles. The van der Waals surface area contributed by atoms with E-state index in [9.17, 15) is 14.3 Å². The molecule has 0 aliphatic carbocycles. The number of rotatable bonds is 8. The highest BCUT2D eigenvalue weighted by molar-refractivity contribution is 5.75. The van der Waals surface area contributed by atoms with Gasteiger partial charge in [0.05, 0.1) is 11.8 Å². The highest BCUT2D eigenvalue weighted by Gasteiger charge is 2.19. The van der Waals surface area contributed by atoms with Gasteiger partial charge in [-0.15, -0.1) is 0 Å². The molecule has 0 radical (unpaired) electrons. The van der Waals surface area contributed by atoms with Crippen LogP contribution in [0.25, 0.3) is 0 Å². The van der Waals surface area contributed by atoms with Crippen molar-refractivity contribution in [1.29, 1.82) is 0 Å². The van der Waals surface area contributed by atoms with Crippen LogP contribution in [0.1, 0.15) is 37.7 Å². The average molecular weight is 338 g/mol. The minimum absolute atomic E-state index is 0.0272. The van der Waals surface area contributed by atoms with Crippen LogP contribution in [0, 0.1) is 5.82 Å². The maximum atomic E-state index is 14.3. The first-order valence-corrected chi connectivity index (χ1v) is 8.57. The van der Waals surface area contributed by atoms with Crippen LogP contribution in [0.2, 0.25) is 0 Å². The largest absolute Gasteiger partial charge is 0.393 e. The summed E-state index contributed by atoms with van der Waals surface area (Å²) in [5.41, 5.74) is 1.31. The van der Waals surface area contributed by atoms with Crippen molar-refractivity contribution < 1.29 is 19.0 Å². The molecule has 1 aromatic rings. The molecule has 0 spiro atoms. The van der Waals surface area contributed by atoms with Crippen LogP contribution in [0.15, 0.2) is 18.2 Å². The van der Waals surface area contributed by atoms with Gasteiger partial charge in [-0.1, -0.05) is 6.07 Å².